The Bertz CT molecular complexity index is 513. The first-order valence-corrected chi connectivity index (χ1v) is 7.69. The quantitative estimate of drug-likeness (QED) is 0.717. The van der Waals surface area contributed by atoms with Crippen LogP contribution < -0.4 is 16.0 Å². The molecule has 0 aromatic heterocycles. The van der Waals surface area contributed by atoms with E-state index in [0.29, 0.717) is 24.3 Å². The molecule has 1 atom stereocenters. The van der Waals surface area contributed by atoms with Crippen molar-refractivity contribution >= 4 is 23.2 Å². The highest BCUT2D eigenvalue weighted by atomic mass is 16.5. The van der Waals surface area contributed by atoms with Gasteiger partial charge in [-0.2, -0.15) is 0 Å². The van der Waals surface area contributed by atoms with Gasteiger partial charge in [-0.3, -0.25) is 9.59 Å². The maximum atomic E-state index is 11.9. The molecule has 1 aromatic carbocycles. The van der Waals surface area contributed by atoms with Crippen molar-refractivity contribution in [2.75, 3.05) is 30.3 Å². The van der Waals surface area contributed by atoms with E-state index < -0.39 is 0 Å². The Morgan fingerprint density at radius 2 is 1.95 bits per heavy atom. The minimum Gasteiger partial charge on any atom is -0.377 e. The topological polar surface area (TPSA) is 79.5 Å². The van der Waals surface area contributed by atoms with Crippen molar-refractivity contribution in [1.29, 1.82) is 0 Å². The van der Waals surface area contributed by atoms with Gasteiger partial charge in [0.05, 0.1) is 12.6 Å². The van der Waals surface area contributed by atoms with E-state index in [9.17, 15) is 9.59 Å². The number of carbonyl (C=O) groups is 2. The summed E-state index contributed by atoms with van der Waals surface area (Å²) >= 11 is 0. The Balaban J connectivity index is 1.75. The molecule has 2 rings (SSSR count). The molecule has 1 fully saturated rings. The molecular weight excluding hydrogens is 282 g/mol. The minimum atomic E-state index is -0.114. The van der Waals surface area contributed by atoms with Crippen LogP contribution in [0.4, 0.5) is 11.4 Å². The van der Waals surface area contributed by atoms with E-state index in [2.05, 4.69) is 16.0 Å². The van der Waals surface area contributed by atoms with Gasteiger partial charge in [-0.25, -0.2) is 0 Å². The molecule has 0 bridgehead atoms. The fourth-order valence-electron chi connectivity index (χ4n) is 2.28. The lowest BCUT2D eigenvalue weighted by atomic mass is 10.2. The van der Waals surface area contributed by atoms with Crippen LogP contribution in [0.1, 0.15) is 26.2 Å². The van der Waals surface area contributed by atoms with Crippen molar-refractivity contribution in [3.63, 3.8) is 0 Å². The molecule has 6 heteroatoms. The van der Waals surface area contributed by atoms with Crippen molar-refractivity contribution in [2.45, 2.75) is 32.3 Å². The first kappa shape index (κ1) is 16.5. The number of ether oxygens (including phenoxy) is 1. The zero-order valence-electron chi connectivity index (χ0n) is 12.9. The SMILES string of the molecule is CCC(=O)Nc1cccc(NC(=O)CNCC2CCCO2)c1. The van der Waals surface area contributed by atoms with Gasteiger partial charge in [-0.05, 0) is 31.0 Å². The second-order valence-electron chi connectivity index (χ2n) is 5.30. The summed E-state index contributed by atoms with van der Waals surface area (Å²) in [4.78, 5) is 23.2. The number of rotatable bonds is 7. The van der Waals surface area contributed by atoms with E-state index in [0.717, 1.165) is 19.4 Å². The number of hydrogen-bond donors (Lipinski definition) is 3. The highest BCUT2D eigenvalue weighted by Crippen LogP contribution is 2.15. The number of anilines is 2. The number of benzene rings is 1. The summed E-state index contributed by atoms with van der Waals surface area (Å²) in [5, 5.41) is 8.67. The molecule has 1 heterocycles. The summed E-state index contributed by atoms with van der Waals surface area (Å²) in [5.74, 6) is -0.168. The van der Waals surface area contributed by atoms with Crippen LogP contribution >= 0.6 is 0 Å². The third-order valence-electron chi connectivity index (χ3n) is 3.43. The zero-order valence-corrected chi connectivity index (χ0v) is 12.9. The number of nitrogens with one attached hydrogen (secondary N) is 3. The fraction of sp³-hybridized carbons (Fsp3) is 0.500. The number of carbonyl (C=O) groups excluding carboxylic acids is 2. The maximum Gasteiger partial charge on any atom is 0.238 e. The molecular formula is C16H23N3O3. The predicted molar refractivity (Wildman–Crippen MR) is 85.8 cm³/mol. The van der Waals surface area contributed by atoms with Crippen LogP contribution in [0.2, 0.25) is 0 Å². The lowest BCUT2D eigenvalue weighted by molar-refractivity contribution is -0.116. The van der Waals surface area contributed by atoms with Crippen molar-refractivity contribution < 1.29 is 14.3 Å². The molecule has 120 valence electrons. The highest BCUT2D eigenvalue weighted by Gasteiger charge is 2.15. The van der Waals surface area contributed by atoms with E-state index in [1.807, 2.05) is 0 Å². The third kappa shape index (κ3) is 5.46. The highest BCUT2D eigenvalue weighted by molar-refractivity contribution is 5.94. The molecule has 0 aliphatic carbocycles. The lowest BCUT2D eigenvalue weighted by Gasteiger charge is -2.11. The van der Waals surface area contributed by atoms with Crippen LogP contribution in [-0.4, -0.2) is 37.6 Å². The maximum absolute atomic E-state index is 11.9. The van der Waals surface area contributed by atoms with Gasteiger partial charge in [0.25, 0.3) is 0 Å². The Hall–Kier alpha value is -1.92. The van der Waals surface area contributed by atoms with Gasteiger partial charge in [0, 0.05) is 30.9 Å². The van der Waals surface area contributed by atoms with E-state index in [1.54, 1.807) is 31.2 Å². The van der Waals surface area contributed by atoms with Crippen LogP contribution in [0.3, 0.4) is 0 Å². The summed E-state index contributed by atoms with van der Waals surface area (Å²) in [6, 6.07) is 7.12. The van der Waals surface area contributed by atoms with Crippen molar-refractivity contribution in [3.8, 4) is 0 Å². The first-order valence-electron chi connectivity index (χ1n) is 7.69. The van der Waals surface area contributed by atoms with Crippen LogP contribution in [0.25, 0.3) is 0 Å². The Labute approximate surface area is 130 Å². The largest absolute Gasteiger partial charge is 0.377 e. The van der Waals surface area contributed by atoms with Crippen LogP contribution in [0.5, 0.6) is 0 Å². The average molecular weight is 305 g/mol. The standard InChI is InChI=1S/C16H23N3O3/c1-2-15(20)18-12-5-3-6-13(9-12)19-16(21)11-17-10-14-7-4-8-22-14/h3,5-6,9,14,17H,2,4,7-8,10-11H2,1H3,(H,18,20)(H,19,21). The summed E-state index contributed by atoms with van der Waals surface area (Å²) in [6.07, 6.45) is 2.78. The molecule has 6 nitrogen and oxygen atoms in total. The van der Waals surface area contributed by atoms with Gasteiger partial charge in [0.1, 0.15) is 0 Å². The number of hydrogen-bond acceptors (Lipinski definition) is 4. The Morgan fingerprint density at radius 3 is 2.59 bits per heavy atom. The second kappa shape index (κ2) is 8.51. The lowest BCUT2D eigenvalue weighted by Crippen LogP contribution is -2.33. The second-order valence-corrected chi connectivity index (χ2v) is 5.30. The van der Waals surface area contributed by atoms with E-state index in [-0.39, 0.29) is 24.5 Å². The van der Waals surface area contributed by atoms with E-state index in [4.69, 9.17) is 4.74 Å². The summed E-state index contributed by atoms with van der Waals surface area (Å²) in [5.41, 5.74) is 1.34. The molecule has 0 saturated carbocycles. The van der Waals surface area contributed by atoms with Gasteiger partial charge in [0.15, 0.2) is 0 Å². The minimum absolute atomic E-state index is 0.0540. The zero-order chi connectivity index (χ0) is 15.8. The molecule has 1 saturated heterocycles. The summed E-state index contributed by atoms with van der Waals surface area (Å²) < 4.78 is 5.48. The molecule has 22 heavy (non-hydrogen) atoms. The fourth-order valence-corrected chi connectivity index (χ4v) is 2.28. The Kier molecular flexibility index (Phi) is 6.36. The average Bonchev–Trinajstić information content (AvgIpc) is 3.00. The smallest absolute Gasteiger partial charge is 0.238 e. The molecule has 3 N–H and O–H groups in total. The van der Waals surface area contributed by atoms with Crippen LogP contribution in [0, 0.1) is 0 Å². The number of amides is 2. The van der Waals surface area contributed by atoms with E-state index >= 15 is 0 Å². The molecule has 1 unspecified atom stereocenters. The van der Waals surface area contributed by atoms with Crippen molar-refractivity contribution in [2.24, 2.45) is 0 Å². The monoisotopic (exact) mass is 305 g/mol. The van der Waals surface area contributed by atoms with Crippen molar-refractivity contribution in [1.82, 2.24) is 5.32 Å². The van der Waals surface area contributed by atoms with Gasteiger partial charge >= 0.3 is 0 Å². The molecule has 1 aliphatic rings. The molecule has 0 spiro atoms. The van der Waals surface area contributed by atoms with Crippen LogP contribution in [-0.2, 0) is 14.3 Å². The summed E-state index contributed by atoms with van der Waals surface area (Å²) in [6.45, 7) is 3.54. The van der Waals surface area contributed by atoms with Crippen molar-refractivity contribution in [3.05, 3.63) is 24.3 Å². The first-order chi connectivity index (χ1) is 10.7. The van der Waals surface area contributed by atoms with Gasteiger partial charge in [0.2, 0.25) is 11.8 Å². The molecule has 2 amide bonds. The van der Waals surface area contributed by atoms with E-state index in [1.165, 1.54) is 0 Å². The molecule has 1 aromatic rings. The normalized spacial score (nSPS) is 17.2. The molecule has 0 radical (unpaired) electrons. The predicted octanol–water partition coefficient (Wildman–Crippen LogP) is 1.74. The van der Waals surface area contributed by atoms with Gasteiger partial charge < -0.3 is 20.7 Å². The Morgan fingerprint density at radius 1 is 1.23 bits per heavy atom. The molecule has 1 aliphatic heterocycles. The van der Waals surface area contributed by atoms with Gasteiger partial charge in [-0.1, -0.05) is 13.0 Å². The van der Waals surface area contributed by atoms with Crippen LogP contribution in [0.15, 0.2) is 24.3 Å². The third-order valence-corrected chi connectivity index (χ3v) is 3.43. The van der Waals surface area contributed by atoms with Gasteiger partial charge in [-0.15, -0.1) is 0 Å². The summed E-state index contributed by atoms with van der Waals surface area (Å²) in [7, 11) is 0.